The van der Waals surface area contributed by atoms with Crippen LogP contribution in [0.5, 0.6) is 0 Å². The summed E-state index contributed by atoms with van der Waals surface area (Å²) in [6, 6.07) is 0. The van der Waals surface area contributed by atoms with Crippen LogP contribution in [0.2, 0.25) is 0 Å². The first-order valence-electron chi connectivity index (χ1n) is 6.47. The molecule has 0 atom stereocenters. The molecule has 0 fully saturated rings. The van der Waals surface area contributed by atoms with Crippen molar-refractivity contribution in [3.8, 4) is 0 Å². The minimum atomic E-state index is 1.37. The molecule has 0 amide bonds. The highest BCUT2D eigenvalue weighted by Gasteiger charge is 1.91. The van der Waals surface area contributed by atoms with Crippen LogP contribution in [0.1, 0.15) is 71.1 Å². The van der Waals surface area contributed by atoms with Gasteiger partial charge in [-0.2, -0.15) is 0 Å². The van der Waals surface area contributed by atoms with Crippen LogP contribution in [0, 0.1) is 0 Å². The molecule has 1 radical (unpaired) electrons. The molecule has 1 heteroatoms. The van der Waals surface area contributed by atoms with Gasteiger partial charge in [0.05, 0.1) is 0 Å². The van der Waals surface area contributed by atoms with Gasteiger partial charge in [0, 0.05) is 0 Å². The van der Waals surface area contributed by atoms with Crippen LogP contribution in [0.4, 0.5) is 0 Å². The van der Waals surface area contributed by atoms with Crippen LogP contribution in [-0.2, 0) is 0 Å². The van der Waals surface area contributed by atoms with E-state index in [4.69, 9.17) is 0 Å². The van der Waals surface area contributed by atoms with Crippen LogP contribution in [0.15, 0.2) is 0 Å². The molecule has 0 aromatic carbocycles. The van der Waals surface area contributed by atoms with E-state index in [2.05, 4.69) is 13.6 Å². The molecule has 0 aromatic heterocycles. The van der Waals surface area contributed by atoms with Crippen molar-refractivity contribution in [1.29, 1.82) is 0 Å². The molecule has 0 aliphatic carbocycles. The highest BCUT2D eigenvalue weighted by Crippen LogP contribution is 2.12. The first-order chi connectivity index (χ1) is 6.91. The summed E-state index contributed by atoms with van der Waals surface area (Å²) in [5.41, 5.74) is 0. The van der Waals surface area contributed by atoms with Crippen molar-refractivity contribution in [3.63, 3.8) is 0 Å². The Bertz CT molecular complexity index is 79.2. The van der Waals surface area contributed by atoms with Crippen LogP contribution in [-0.4, -0.2) is 12.8 Å². The monoisotopic (exact) mass is 215 g/mol. The van der Waals surface area contributed by atoms with Crippen molar-refractivity contribution in [3.05, 3.63) is 0 Å². The fourth-order valence-corrected chi connectivity index (χ4v) is 2.30. The molecule has 0 saturated carbocycles. The third-order valence-electron chi connectivity index (χ3n) is 2.74. The molecule has 0 aliphatic heterocycles. The summed E-state index contributed by atoms with van der Waals surface area (Å²) in [6.07, 6.45) is 16.0. The van der Waals surface area contributed by atoms with Crippen molar-refractivity contribution in [1.82, 2.24) is 0 Å². The van der Waals surface area contributed by atoms with Gasteiger partial charge in [-0.1, -0.05) is 73.3 Å². The van der Waals surface area contributed by atoms with Gasteiger partial charge >= 0.3 is 0 Å². The molecule has 14 heavy (non-hydrogen) atoms. The average molecular weight is 215 g/mol. The summed E-state index contributed by atoms with van der Waals surface area (Å²) >= 11 is 0. The fourth-order valence-electron chi connectivity index (χ4n) is 1.76. The molecule has 0 heterocycles. The number of rotatable bonds is 11. The van der Waals surface area contributed by atoms with Crippen LogP contribution >= 0.6 is 8.58 Å². The Balaban J connectivity index is 2.78. The van der Waals surface area contributed by atoms with Gasteiger partial charge in [0.2, 0.25) is 0 Å². The van der Waals surface area contributed by atoms with E-state index in [1.54, 1.807) is 8.58 Å². The predicted molar refractivity (Wildman–Crippen MR) is 69.6 cm³/mol. The Kier molecular flexibility index (Phi) is 13.8. The third kappa shape index (κ3) is 12.4. The molecule has 85 valence electrons. The standard InChI is InChI=1S/C13H28P/c1-3-4-5-6-7-8-9-10-11-12-13-14-2/h3-13H2,1-2H3. The molecule has 0 N–H and O–H groups in total. The van der Waals surface area contributed by atoms with Crippen molar-refractivity contribution in [2.75, 3.05) is 12.8 Å². The Labute approximate surface area is 93.0 Å². The second-order valence-corrected chi connectivity index (χ2v) is 5.30. The van der Waals surface area contributed by atoms with E-state index in [0.29, 0.717) is 0 Å². The second-order valence-electron chi connectivity index (χ2n) is 4.22. The maximum Gasteiger partial charge on any atom is -0.0290 e. The quantitative estimate of drug-likeness (QED) is 0.316. The zero-order valence-electron chi connectivity index (χ0n) is 10.2. The third-order valence-corrected chi connectivity index (χ3v) is 3.50. The minimum absolute atomic E-state index is 1.37. The minimum Gasteiger partial charge on any atom is -0.0844 e. The zero-order valence-corrected chi connectivity index (χ0v) is 11.1. The van der Waals surface area contributed by atoms with E-state index in [0.717, 1.165) is 0 Å². The lowest BCUT2D eigenvalue weighted by Gasteiger charge is -2.01. The van der Waals surface area contributed by atoms with Gasteiger partial charge in [-0.3, -0.25) is 0 Å². The second kappa shape index (κ2) is 13.4. The van der Waals surface area contributed by atoms with Gasteiger partial charge in [0.15, 0.2) is 0 Å². The van der Waals surface area contributed by atoms with Gasteiger partial charge in [0.1, 0.15) is 0 Å². The Morgan fingerprint density at radius 1 is 0.643 bits per heavy atom. The lowest BCUT2D eigenvalue weighted by Crippen LogP contribution is -1.82. The molecular formula is C13H28P. The van der Waals surface area contributed by atoms with Gasteiger partial charge in [-0.05, 0) is 19.2 Å². The molecular weight excluding hydrogens is 187 g/mol. The highest BCUT2D eigenvalue weighted by molar-refractivity contribution is 7.36. The lowest BCUT2D eigenvalue weighted by atomic mass is 10.1. The van der Waals surface area contributed by atoms with E-state index in [1.807, 2.05) is 0 Å². The van der Waals surface area contributed by atoms with Crippen molar-refractivity contribution in [2.45, 2.75) is 71.1 Å². The first kappa shape index (κ1) is 14.4. The summed E-state index contributed by atoms with van der Waals surface area (Å²) in [4.78, 5) is 0. The predicted octanol–water partition coefficient (Wildman–Crippen LogP) is 5.48. The van der Waals surface area contributed by atoms with E-state index in [9.17, 15) is 0 Å². The van der Waals surface area contributed by atoms with Gasteiger partial charge in [-0.25, -0.2) is 0 Å². The average Bonchev–Trinajstić information content (AvgIpc) is 2.21. The Morgan fingerprint density at radius 3 is 1.50 bits per heavy atom. The van der Waals surface area contributed by atoms with E-state index in [1.165, 1.54) is 70.4 Å². The van der Waals surface area contributed by atoms with Crippen molar-refractivity contribution < 1.29 is 0 Å². The van der Waals surface area contributed by atoms with Crippen LogP contribution in [0.25, 0.3) is 0 Å². The van der Waals surface area contributed by atoms with Crippen LogP contribution < -0.4 is 0 Å². The van der Waals surface area contributed by atoms with Crippen LogP contribution in [0.3, 0.4) is 0 Å². The Morgan fingerprint density at radius 2 is 1.07 bits per heavy atom. The smallest absolute Gasteiger partial charge is 0.0290 e. The molecule has 0 nitrogen and oxygen atoms in total. The SMILES string of the molecule is CCCCCCCCCCCC[P]C. The summed E-state index contributed by atoms with van der Waals surface area (Å²) in [5.74, 6) is 0. The highest BCUT2D eigenvalue weighted by atomic mass is 31.1. The maximum absolute atomic E-state index is 2.28. The first-order valence-corrected chi connectivity index (χ1v) is 8.00. The number of hydrogen-bond acceptors (Lipinski definition) is 0. The van der Waals surface area contributed by atoms with Crippen molar-refractivity contribution >= 4 is 8.58 Å². The molecule has 0 aliphatic rings. The molecule has 0 aromatic rings. The number of unbranched alkanes of at least 4 members (excludes halogenated alkanes) is 9. The van der Waals surface area contributed by atoms with E-state index < -0.39 is 0 Å². The van der Waals surface area contributed by atoms with E-state index >= 15 is 0 Å². The summed E-state index contributed by atoms with van der Waals surface area (Å²) in [6.45, 7) is 4.54. The van der Waals surface area contributed by atoms with Gasteiger partial charge < -0.3 is 0 Å². The lowest BCUT2D eigenvalue weighted by molar-refractivity contribution is 0.563. The normalized spacial score (nSPS) is 11.6. The van der Waals surface area contributed by atoms with Gasteiger partial charge in [0.25, 0.3) is 0 Å². The van der Waals surface area contributed by atoms with Crippen molar-refractivity contribution in [2.24, 2.45) is 0 Å². The summed E-state index contributed by atoms with van der Waals surface area (Å²) in [5, 5.41) is 0. The summed E-state index contributed by atoms with van der Waals surface area (Å²) < 4.78 is 0. The maximum atomic E-state index is 2.28. The summed E-state index contributed by atoms with van der Waals surface area (Å²) in [7, 11) is 1.57. The van der Waals surface area contributed by atoms with E-state index in [-0.39, 0.29) is 0 Å². The molecule has 0 saturated heterocycles. The molecule has 0 unspecified atom stereocenters. The zero-order chi connectivity index (χ0) is 10.5. The molecule has 0 bridgehead atoms. The fraction of sp³-hybridized carbons (Fsp3) is 1.00. The molecule has 0 spiro atoms. The topological polar surface area (TPSA) is 0 Å². The number of hydrogen-bond donors (Lipinski definition) is 0. The van der Waals surface area contributed by atoms with Gasteiger partial charge in [-0.15, -0.1) is 0 Å². The molecule has 0 rings (SSSR count). The largest absolute Gasteiger partial charge is 0.0844 e. The Hall–Kier alpha value is 0.430.